The van der Waals surface area contributed by atoms with Gasteiger partial charge in [-0.25, -0.2) is 9.89 Å². The number of esters is 1. The number of benzene rings is 1. The van der Waals surface area contributed by atoms with Gasteiger partial charge in [-0.3, -0.25) is 4.79 Å². The second kappa shape index (κ2) is 5.28. The largest absolute Gasteiger partial charge is 0.456 e. The van der Waals surface area contributed by atoms with Gasteiger partial charge >= 0.3 is 5.97 Å². The Kier molecular flexibility index (Phi) is 3.70. The maximum atomic E-state index is 11.9. The Labute approximate surface area is 116 Å². The molecule has 104 valence electrons. The Bertz CT molecular complexity index is 646. The van der Waals surface area contributed by atoms with Gasteiger partial charge in [0.05, 0.1) is 11.3 Å². The van der Waals surface area contributed by atoms with E-state index < -0.39 is 5.60 Å². The van der Waals surface area contributed by atoms with Gasteiger partial charge in [-0.2, -0.15) is 5.10 Å². The van der Waals surface area contributed by atoms with E-state index in [1.165, 1.54) is 6.07 Å². The Morgan fingerprint density at radius 1 is 1.10 bits per heavy atom. The molecule has 0 aliphatic rings. The van der Waals surface area contributed by atoms with Crippen LogP contribution in [0.2, 0.25) is 0 Å². The van der Waals surface area contributed by atoms with E-state index >= 15 is 0 Å². The minimum Gasteiger partial charge on any atom is -0.456 e. The molecule has 2 rings (SSSR count). The van der Waals surface area contributed by atoms with E-state index in [0.717, 1.165) is 5.56 Å². The first-order valence-corrected chi connectivity index (χ1v) is 6.25. The first-order valence-electron chi connectivity index (χ1n) is 6.25. The van der Waals surface area contributed by atoms with Gasteiger partial charge in [0.2, 0.25) is 0 Å². The quantitative estimate of drug-likeness (QED) is 0.852. The lowest BCUT2D eigenvalue weighted by Crippen LogP contribution is -2.23. The van der Waals surface area contributed by atoms with E-state index in [9.17, 15) is 9.59 Å². The topological polar surface area (TPSA) is 72.1 Å². The molecule has 0 unspecified atom stereocenters. The molecule has 1 aromatic carbocycles. The van der Waals surface area contributed by atoms with Crippen LogP contribution >= 0.6 is 0 Å². The standard InChI is InChI=1S/C15H16N2O3/c1-15(2,3)20-14(19)11-6-4-10(5-7-11)12-8-9-13(18)17-16-12/h4-9H,1-3H3,(H,17,18). The SMILES string of the molecule is CC(C)(C)OC(=O)c1ccc(-c2ccc(=O)[nH]n2)cc1. The third-order valence-electron chi connectivity index (χ3n) is 2.49. The van der Waals surface area contributed by atoms with Crippen molar-refractivity contribution in [2.24, 2.45) is 0 Å². The monoisotopic (exact) mass is 272 g/mol. The molecular formula is C15H16N2O3. The average molecular weight is 272 g/mol. The molecule has 0 fully saturated rings. The second-order valence-electron chi connectivity index (χ2n) is 5.39. The van der Waals surface area contributed by atoms with Crippen LogP contribution in [-0.4, -0.2) is 21.8 Å². The first-order chi connectivity index (χ1) is 9.35. The third-order valence-corrected chi connectivity index (χ3v) is 2.49. The highest BCUT2D eigenvalue weighted by Gasteiger charge is 2.17. The molecule has 20 heavy (non-hydrogen) atoms. The molecule has 0 aliphatic carbocycles. The summed E-state index contributed by atoms with van der Waals surface area (Å²) in [6, 6.07) is 9.91. The number of nitrogens with zero attached hydrogens (tertiary/aromatic N) is 1. The Morgan fingerprint density at radius 2 is 1.75 bits per heavy atom. The fraction of sp³-hybridized carbons (Fsp3) is 0.267. The van der Waals surface area contributed by atoms with E-state index in [2.05, 4.69) is 10.2 Å². The van der Waals surface area contributed by atoms with Crippen molar-refractivity contribution in [3.63, 3.8) is 0 Å². The molecule has 0 saturated carbocycles. The number of carbonyl (C=O) groups is 1. The van der Waals surface area contributed by atoms with Crippen LogP contribution in [0.1, 0.15) is 31.1 Å². The van der Waals surface area contributed by atoms with Crippen LogP contribution in [0.3, 0.4) is 0 Å². The minimum absolute atomic E-state index is 0.251. The average Bonchev–Trinajstić information content (AvgIpc) is 2.38. The molecule has 5 nitrogen and oxygen atoms in total. The summed E-state index contributed by atoms with van der Waals surface area (Å²) in [6.07, 6.45) is 0. The van der Waals surface area contributed by atoms with Crippen molar-refractivity contribution in [2.45, 2.75) is 26.4 Å². The van der Waals surface area contributed by atoms with Crippen molar-refractivity contribution in [2.75, 3.05) is 0 Å². The zero-order chi connectivity index (χ0) is 14.8. The summed E-state index contributed by atoms with van der Waals surface area (Å²) < 4.78 is 5.28. The molecular weight excluding hydrogens is 256 g/mol. The number of nitrogens with one attached hydrogen (secondary N) is 1. The highest BCUT2D eigenvalue weighted by Crippen LogP contribution is 2.18. The van der Waals surface area contributed by atoms with Gasteiger partial charge in [0.1, 0.15) is 5.60 Å². The van der Waals surface area contributed by atoms with Gasteiger partial charge in [0.15, 0.2) is 0 Å². The third kappa shape index (κ3) is 3.54. The fourth-order valence-corrected chi connectivity index (χ4v) is 1.62. The van der Waals surface area contributed by atoms with Crippen LogP contribution in [0.15, 0.2) is 41.2 Å². The highest BCUT2D eigenvalue weighted by molar-refractivity contribution is 5.90. The van der Waals surface area contributed by atoms with Crippen molar-refractivity contribution in [1.29, 1.82) is 0 Å². The van der Waals surface area contributed by atoms with Gasteiger partial charge in [-0.1, -0.05) is 12.1 Å². The number of hydrogen-bond acceptors (Lipinski definition) is 4. The molecule has 0 amide bonds. The van der Waals surface area contributed by atoms with Crippen molar-refractivity contribution in [1.82, 2.24) is 10.2 Å². The molecule has 2 aromatic rings. The summed E-state index contributed by atoms with van der Waals surface area (Å²) in [7, 11) is 0. The molecule has 5 heteroatoms. The van der Waals surface area contributed by atoms with Crippen LogP contribution in [0.25, 0.3) is 11.3 Å². The lowest BCUT2D eigenvalue weighted by Gasteiger charge is -2.19. The smallest absolute Gasteiger partial charge is 0.338 e. The molecule has 1 N–H and O–H groups in total. The van der Waals surface area contributed by atoms with Crippen LogP contribution in [-0.2, 0) is 4.74 Å². The van der Waals surface area contributed by atoms with Gasteiger partial charge in [-0.15, -0.1) is 0 Å². The van der Waals surface area contributed by atoms with Crippen LogP contribution < -0.4 is 5.56 Å². The molecule has 0 atom stereocenters. The number of aromatic amines is 1. The van der Waals surface area contributed by atoms with E-state index in [1.807, 2.05) is 20.8 Å². The van der Waals surface area contributed by atoms with Gasteiger partial charge < -0.3 is 4.74 Å². The summed E-state index contributed by atoms with van der Waals surface area (Å²) in [5.74, 6) is -0.363. The van der Waals surface area contributed by atoms with Crippen molar-refractivity contribution < 1.29 is 9.53 Å². The lowest BCUT2D eigenvalue weighted by atomic mass is 10.1. The summed E-state index contributed by atoms with van der Waals surface area (Å²) >= 11 is 0. The van der Waals surface area contributed by atoms with E-state index in [1.54, 1.807) is 30.3 Å². The predicted octanol–water partition coefficient (Wildman–Crippen LogP) is 2.39. The normalized spacial score (nSPS) is 11.2. The molecule has 1 heterocycles. The van der Waals surface area contributed by atoms with Gasteiger partial charge in [0.25, 0.3) is 5.56 Å². The Morgan fingerprint density at radius 3 is 2.25 bits per heavy atom. The van der Waals surface area contributed by atoms with E-state index in [0.29, 0.717) is 11.3 Å². The number of hydrogen-bond donors (Lipinski definition) is 1. The van der Waals surface area contributed by atoms with E-state index in [-0.39, 0.29) is 11.5 Å². The molecule has 0 aliphatic heterocycles. The zero-order valence-corrected chi connectivity index (χ0v) is 11.6. The number of H-pyrrole nitrogens is 1. The molecule has 0 spiro atoms. The highest BCUT2D eigenvalue weighted by atomic mass is 16.6. The summed E-state index contributed by atoms with van der Waals surface area (Å²) in [5.41, 5.74) is 1.16. The molecule has 1 aromatic heterocycles. The molecule has 0 radical (unpaired) electrons. The van der Waals surface area contributed by atoms with Crippen LogP contribution in [0.4, 0.5) is 0 Å². The number of aromatic nitrogens is 2. The predicted molar refractivity (Wildman–Crippen MR) is 75.5 cm³/mol. The minimum atomic E-state index is -0.518. The molecule has 0 bridgehead atoms. The first kappa shape index (κ1) is 14.0. The van der Waals surface area contributed by atoms with E-state index in [4.69, 9.17) is 4.74 Å². The van der Waals surface area contributed by atoms with Crippen LogP contribution in [0.5, 0.6) is 0 Å². The van der Waals surface area contributed by atoms with Crippen molar-refractivity contribution in [3.05, 3.63) is 52.3 Å². The number of rotatable bonds is 2. The maximum absolute atomic E-state index is 11.9. The van der Waals surface area contributed by atoms with Crippen molar-refractivity contribution in [3.8, 4) is 11.3 Å². The fourth-order valence-electron chi connectivity index (χ4n) is 1.62. The summed E-state index contributed by atoms with van der Waals surface area (Å²) in [4.78, 5) is 22.8. The second-order valence-corrected chi connectivity index (χ2v) is 5.39. The Balaban J connectivity index is 2.20. The number of carbonyl (C=O) groups excluding carboxylic acids is 1. The lowest BCUT2D eigenvalue weighted by molar-refractivity contribution is 0.00696. The maximum Gasteiger partial charge on any atom is 0.338 e. The van der Waals surface area contributed by atoms with Gasteiger partial charge in [0, 0.05) is 11.6 Å². The summed E-state index contributed by atoms with van der Waals surface area (Å²) in [6.45, 7) is 5.47. The zero-order valence-electron chi connectivity index (χ0n) is 11.6. The molecule has 0 saturated heterocycles. The van der Waals surface area contributed by atoms with Gasteiger partial charge in [-0.05, 0) is 39.0 Å². The van der Waals surface area contributed by atoms with Crippen LogP contribution in [0, 0.1) is 0 Å². The Hall–Kier alpha value is -2.43. The van der Waals surface area contributed by atoms with Crippen molar-refractivity contribution >= 4 is 5.97 Å². The number of ether oxygens (including phenoxy) is 1. The summed E-state index contributed by atoms with van der Waals surface area (Å²) in [5, 5.41) is 6.30.